The third-order valence-corrected chi connectivity index (χ3v) is 5.62. The summed E-state index contributed by atoms with van der Waals surface area (Å²) in [4.78, 5) is 34.6. The van der Waals surface area contributed by atoms with Crippen LogP contribution in [0.4, 0.5) is 5.82 Å². The fraction of sp³-hybridized carbons (Fsp3) is 0.364. The van der Waals surface area contributed by atoms with Gasteiger partial charge in [0.05, 0.1) is 30.6 Å². The van der Waals surface area contributed by atoms with E-state index in [2.05, 4.69) is 15.3 Å². The number of ether oxygens (including phenoxy) is 2. The SMILES string of the molecule is CCOC(=O)c1sc2ncnc(N[C@H](CC(=O)OC(C)C)c3ccccc3)c2c1C. The van der Waals surface area contributed by atoms with Gasteiger partial charge in [-0.3, -0.25) is 4.79 Å². The molecule has 0 aliphatic rings. The molecule has 1 N–H and O–H groups in total. The summed E-state index contributed by atoms with van der Waals surface area (Å²) < 4.78 is 10.5. The number of hydrogen-bond donors (Lipinski definition) is 1. The highest BCUT2D eigenvalue weighted by Gasteiger charge is 2.23. The summed E-state index contributed by atoms with van der Waals surface area (Å²) in [5.41, 5.74) is 1.69. The molecule has 158 valence electrons. The molecule has 1 atom stereocenters. The Morgan fingerprint density at radius 2 is 1.90 bits per heavy atom. The van der Waals surface area contributed by atoms with Gasteiger partial charge in [0.1, 0.15) is 21.9 Å². The monoisotopic (exact) mass is 427 g/mol. The molecule has 0 unspecified atom stereocenters. The molecule has 2 heterocycles. The van der Waals surface area contributed by atoms with Crippen LogP contribution in [0, 0.1) is 6.92 Å². The number of esters is 2. The number of benzene rings is 1. The van der Waals surface area contributed by atoms with Crippen LogP contribution in [0.1, 0.15) is 54.0 Å². The Hall–Kier alpha value is -3.00. The van der Waals surface area contributed by atoms with Crippen molar-refractivity contribution in [3.8, 4) is 0 Å². The van der Waals surface area contributed by atoms with Crippen LogP contribution < -0.4 is 5.32 Å². The second-order valence-electron chi connectivity index (χ2n) is 7.03. The van der Waals surface area contributed by atoms with E-state index in [-0.39, 0.29) is 30.5 Å². The van der Waals surface area contributed by atoms with E-state index in [1.54, 1.807) is 6.92 Å². The van der Waals surface area contributed by atoms with Gasteiger partial charge in [-0.25, -0.2) is 14.8 Å². The van der Waals surface area contributed by atoms with Gasteiger partial charge < -0.3 is 14.8 Å². The fourth-order valence-electron chi connectivity index (χ4n) is 3.15. The van der Waals surface area contributed by atoms with Gasteiger partial charge in [0.15, 0.2) is 0 Å². The molecule has 0 aliphatic heterocycles. The Labute approximate surface area is 179 Å². The van der Waals surface area contributed by atoms with E-state index < -0.39 is 0 Å². The maximum Gasteiger partial charge on any atom is 0.348 e. The number of anilines is 1. The highest BCUT2D eigenvalue weighted by Crippen LogP contribution is 2.35. The molecule has 3 aromatic rings. The summed E-state index contributed by atoms with van der Waals surface area (Å²) in [7, 11) is 0. The van der Waals surface area contributed by atoms with E-state index in [1.165, 1.54) is 17.7 Å². The van der Waals surface area contributed by atoms with Crippen molar-refractivity contribution < 1.29 is 19.1 Å². The van der Waals surface area contributed by atoms with E-state index >= 15 is 0 Å². The first kappa shape index (κ1) is 21.7. The molecule has 8 heteroatoms. The van der Waals surface area contributed by atoms with E-state index in [9.17, 15) is 9.59 Å². The standard InChI is InChI=1S/C22H25N3O4S/c1-5-28-22(27)19-14(4)18-20(23-12-24-21(18)30-19)25-16(11-17(26)29-13(2)3)15-9-7-6-8-10-15/h6-10,12-13,16H,5,11H2,1-4H3,(H,23,24,25)/t16-/m1/s1. The highest BCUT2D eigenvalue weighted by atomic mass is 32.1. The first-order valence-electron chi connectivity index (χ1n) is 9.82. The van der Waals surface area contributed by atoms with Crippen molar-refractivity contribution in [2.24, 2.45) is 0 Å². The summed E-state index contributed by atoms with van der Waals surface area (Å²) in [5.74, 6) is -0.106. The lowest BCUT2D eigenvalue weighted by Gasteiger charge is -2.20. The zero-order chi connectivity index (χ0) is 21.7. The molecule has 3 rings (SSSR count). The molecule has 0 fully saturated rings. The number of hydrogen-bond acceptors (Lipinski definition) is 8. The molecule has 0 bridgehead atoms. The van der Waals surface area contributed by atoms with Gasteiger partial charge in [-0.05, 0) is 38.8 Å². The predicted molar refractivity (Wildman–Crippen MR) is 117 cm³/mol. The van der Waals surface area contributed by atoms with Crippen LogP contribution in [0.15, 0.2) is 36.7 Å². The number of thiophene rings is 1. The van der Waals surface area contributed by atoms with Crippen LogP contribution in [0.3, 0.4) is 0 Å². The van der Waals surface area contributed by atoms with Crippen LogP contribution in [-0.2, 0) is 14.3 Å². The molecule has 0 radical (unpaired) electrons. The zero-order valence-corrected chi connectivity index (χ0v) is 18.3. The lowest BCUT2D eigenvalue weighted by molar-refractivity contribution is -0.147. The summed E-state index contributed by atoms with van der Waals surface area (Å²) >= 11 is 1.27. The molecule has 0 saturated heterocycles. The molecular formula is C22H25N3O4S. The normalized spacial score (nSPS) is 12.0. The molecule has 0 spiro atoms. The predicted octanol–water partition coefficient (Wildman–Crippen LogP) is 4.67. The topological polar surface area (TPSA) is 90.4 Å². The number of fused-ring (bicyclic) bond motifs is 1. The van der Waals surface area contributed by atoms with Crippen molar-refractivity contribution in [3.63, 3.8) is 0 Å². The van der Waals surface area contributed by atoms with Gasteiger partial charge in [-0.15, -0.1) is 11.3 Å². The third-order valence-electron chi connectivity index (χ3n) is 4.44. The largest absolute Gasteiger partial charge is 0.463 e. The number of aromatic nitrogens is 2. The molecular weight excluding hydrogens is 402 g/mol. The van der Waals surface area contributed by atoms with Gasteiger partial charge >= 0.3 is 11.9 Å². The van der Waals surface area contributed by atoms with Crippen LogP contribution in [-0.4, -0.2) is 34.6 Å². The van der Waals surface area contributed by atoms with E-state index in [4.69, 9.17) is 9.47 Å². The molecule has 1 aromatic carbocycles. The molecule has 7 nitrogen and oxygen atoms in total. The number of rotatable bonds is 8. The van der Waals surface area contributed by atoms with Gasteiger partial charge in [0.2, 0.25) is 0 Å². The average molecular weight is 428 g/mol. The van der Waals surface area contributed by atoms with E-state index in [0.717, 1.165) is 16.5 Å². The van der Waals surface area contributed by atoms with E-state index in [1.807, 2.05) is 51.1 Å². The summed E-state index contributed by atoms with van der Waals surface area (Å²) in [6, 6.07) is 9.31. The van der Waals surface area contributed by atoms with Crippen molar-refractivity contribution in [2.45, 2.75) is 46.3 Å². The lowest BCUT2D eigenvalue weighted by atomic mass is 10.0. The average Bonchev–Trinajstić information content (AvgIpc) is 3.05. The van der Waals surface area contributed by atoms with Crippen molar-refractivity contribution >= 4 is 39.3 Å². The van der Waals surface area contributed by atoms with Gasteiger partial charge in [0, 0.05) is 0 Å². The zero-order valence-electron chi connectivity index (χ0n) is 17.5. The Balaban J connectivity index is 1.97. The van der Waals surface area contributed by atoms with Gasteiger partial charge in [-0.1, -0.05) is 30.3 Å². The Morgan fingerprint density at radius 1 is 1.17 bits per heavy atom. The molecule has 0 saturated carbocycles. The fourth-order valence-corrected chi connectivity index (χ4v) is 4.20. The quantitative estimate of drug-likeness (QED) is 0.522. The molecule has 30 heavy (non-hydrogen) atoms. The lowest BCUT2D eigenvalue weighted by Crippen LogP contribution is -2.20. The van der Waals surface area contributed by atoms with Crippen LogP contribution in [0.5, 0.6) is 0 Å². The minimum absolute atomic E-state index is 0.140. The number of nitrogens with zero attached hydrogens (tertiary/aromatic N) is 2. The minimum Gasteiger partial charge on any atom is -0.463 e. The second-order valence-corrected chi connectivity index (χ2v) is 8.03. The highest BCUT2D eigenvalue weighted by molar-refractivity contribution is 7.20. The van der Waals surface area contributed by atoms with E-state index in [0.29, 0.717) is 22.1 Å². The number of carbonyl (C=O) groups excluding carboxylic acids is 2. The molecule has 0 aliphatic carbocycles. The van der Waals surface area contributed by atoms with Crippen LogP contribution >= 0.6 is 11.3 Å². The van der Waals surface area contributed by atoms with Crippen LogP contribution in [0.25, 0.3) is 10.2 Å². The van der Waals surface area contributed by atoms with Crippen molar-refractivity contribution in [1.82, 2.24) is 9.97 Å². The molecule has 2 aromatic heterocycles. The second kappa shape index (κ2) is 9.67. The van der Waals surface area contributed by atoms with Gasteiger partial charge in [0.25, 0.3) is 0 Å². The number of nitrogens with one attached hydrogen (secondary N) is 1. The minimum atomic E-state index is -0.371. The Morgan fingerprint density at radius 3 is 2.57 bits per heavy atom. The maximum atomic E-state index is 12.4. The van der Waals surface area contributed by atoms with Crippen LogP contribution in [0.2, 0.25) is 0 Å². The number of aryl methyl sites for hydroxylation is 1. The molecule has 0 amide bonds. The third kappa shape index (κ3) is 4.94. The first-order valence-corrected chi connectivity index (χ1v) is 10.6. The maximum absolute atomic E-state index is 12.4. The summed E-state index contributed by atoms with van der Waals surface area (Å²) in [6.45, 7) is 7.57. The smallest absolute Gasteiger partial charge is 0.348 e. The van der Waals surface area contributed by atoms with Crippen molar-refractivity contribution in [1.29, 1.82) is 0 Å². The Bertz CT molecular complexity index is 1030. The summed E-state index contributed by atoms with van der Waals surface area (Å²) in [6.07, 6.45) is 1.40. The summed E-state index contributed by atoms with van der Waals surface area (Å²) in [5, 5.41) is 4.12. The van der Waals surface area contributed by atoms with Crippen molar-refractivity contribution in [3.05, 3.63) is 52.7 Å². The van der Waals surface area contributed by atoms with Crippen molar-refractivity contribution in [2.75, 3.05) is 11.9 Å². The Kier molecular flexibility index (Phi) is 6.99. The van der Waals surface area contributed by atoms with Gasteiger partial charge in [-0.2, -0.15) is 0 Å². The number of carbonyl (C=O) groups is 2. The first-order chi connectivity index (χ1) is 14.4.